The molecule has 0 spiro atoms. The fourth-order valence-electron chi connectivity index (χ4n) is 1.91. The SMILES string of the molecule is COC1CC(CN)(NCCN(C)C)C1. The van der Waals surface area contributed by atoms with Crippen LogP contribution in [0, 0.1) is 0 Å². The van der Waals surface area contributed by atoms with Crippen molar-refractivity contribution in [2.45, 2.75) is 24.5 Å². The van der Waals surface area contributed by atoms with E-state index in [0.717, 1.165) is 25.9 Å². The first kappa shape index (κ1) is 11.9. The lowest BCUT2D eigenvalue weighted by Gasteiger charge is -2.47. The van der Waals surface area contributed by atoms with E-state index in [0.29, 0.717) is 12.6 Å². The van der Waals surface area contributed by atoms with Crippen LogP contribution < -0.4 is 11.1 Å². The van der Waals surface area contributed by atoms with Gasteiger partial charge >= 0.3 is 0 Å². The molecule has 0 aromatic rings. The van der Waals surface area contributed by atoms with Crippen molar-refractivity contribution in [2.24, 2.45) is 5.73 Å². The zero-order valence-corrected chi connectivity index (χ0v) is 9.55. The monoisotopic (exact) mass is 201 g/mol. The Kier molecular flexibility index (Phi) is 4.31. The van der Waals surface area contributed by atoms with Crippen LogP contribution in [-0.4, -0.2) is 57.4 Å². The molecule has 3 N–H and O–H groups in total. The summed E-state index contributed by atoms with van der Waals surface area (Å²) >= 11 is 0. The molecule has 1 aliphatic carbocycles. The molecule has 0 bridgehead atoms. The van der Waals surface area contributed by atoms with E-state index >= 15 is 0 Å². The molecule has 0 atom stereocenters. The molecule has 0 heterocycles. The summed E-state index contributed by atoms with van der Waals surface area (Å²) in [5, 5.41) is 3.53. The Bertz CT molecular complexity index is 167. The number of hydrogen-bond acceptors (Lipinski definition) is 4. The van der Waals surface area contributed by atoms with Crippen molar-refractivity contribution in [2.75, 3.05) is 40.8 Å². The Balaban J connectivity index is 2.20. The van der Waals surface area contributed by atoms with Crippen LogP contribution in [0.25, 0.3) is 0 Å². The molecule has 0 aromatic carbocycles. The van der Waals surface area contributed by atoms with Crippen LogP contribution in [0.3, 0.4) is 0 Å². The highest BCUT2D eigenvalue weighted by Crippen LogP contribution is 2.33. The smallest absolute Gasteiger partial charge is 0.0607 e. The van der Waals surface area contributed by atoms with Crippen molar-refractivity contribution < 1.29 is 4.74 Å². The summed E-state index contributed by atoms with van der Waals surface area (Å²) < 4.78 is 5.26. The quantitative estimate of drug-likeness (QED) is 0.616. The molecule has 0 saturated heterocycles. The van der Waals surface area contributed by atoms with Crippen molar-refractivity contribution in [1.29, 1.82) is 0 Å². The van der Waals surface area contributed by atoms with E-state index in [2.05, 4.69) is 24.3 Å². The van der Waals surface area contributed by atoms with Crippen LogP contribution in [0.2, 0.25) is 0 Å². The lowest BCUT2D eigenvalue weighted by atomic mass is 9.74. The van der Waals surface area contributed by atoms with Gasteiger partial charge in [-0.1, -0.05) is 0 Å². The molecule has 4 nitrogen and oxygen atoms in total. The van der Waals surface area contributed by atoms with Crippen molar-refractivity contribution in [3.05, 3.63) is 0 Å². The molecule has 0 unspecified atom stereocenters. The van der Waals surface area contributed by atoms with Gasteiger partial charge in [-0.15, -0.1) is 0 Å². The van der Waals surface area contributed by atoms with Crippen molar-refractivity contribution in [3.8, 4) is 0 Å². The van der Waals surface area contributed by atoms with Crippen LogP contribution in [0.1, 0.15) is 12.8 Å². The molecule has 1 rings (SSSR count). The largest absolute Gasteiger partial charge is 0.381 e. The number of nitrogens with two attached hydrogens (primary N) is 1. The van der Waals surface area contributed by atoms with Gasteiger partial charge in [0.15, 0.2) is 0 Å². The normalized spacial score (nSPS) is 31.9. The molecule has 1 fully saturated rings. The van der Waals surface area contributed by atoms with Crippen LogP contribution in [0.15, 0.2) is 0 Å². The minimum Gasteiger partial charge on any atom is -0.381 e. The first-order chi connectivity index (χ1) is 6.62. The minimum atomic E-state index is 0.149. The van der Waals surface area contributed by atoms with Gasteiger partial charge < -0.3 is 20.7 Å². The highest BCUT2D eigenvalue weighted by Gasteiger charge is 2.42. The van der Waals surface area contributed by atoms with Gasteiger partial charge in [-0.2, -0.15) is 0 Å². The van der Waals surface area contributed by atoms with E-state index in [1.807, 2.05) is 0 Å². The number of nitrogens with zero attached hydrogens (tertiary/aromatic N) is 1. The third kappa shape index (κ3) is 2.92. The number of methoxy groups -OCH3 is 1. The maximum absolute atomic E-state index is 5.77. The van der Waals surface area contributed by atoms with Gasteiger partial charge in [0, 0.05) is 32.3 Å². The van der Waals surface area contributed by atoms with Gasteiger partial charge in [0.2, 0.25) is 0 Å². The fraction of sp³-hybridized carbons (Fsp3) is 1.00. The van der Waals surface area contributed by atoms with Crippen LogP contribution in [-0.2, 0) is 4.74 Å². The van der Waals surface area contributed by atoms with Gasteiger partial charge in [0.1, 0.15) is 0 Å². The molecular weight excluding hydrogens is 178 g/mol. The Labute approximate surface area is 86.8 Å². The first-order valence-corrected chi connectivity index (χ1v) is 5.24. The van der Waals surface area contributed by atoms with Crippen molar-refractivity contribution >= 4 is 0 Å². The molecule has 1 saturated carbocycles. The Morgan fingerprint density at radius 2 is 2.14 bits per heavy atom. The van der Waals surface area contributed by atoms with E-state index in [4.69, 9.17) is 10.5 Å². The molecule has 4 heteroatoms. The predicted molar refractivity (Wildman–Crippen MR) is 58.4 cm³/mol. The highest BCUT2D eigenvalue weighted by molar-refractivity contribution is 5.02. The molecule has 0 aliphatic heterocycles. The van der Waals surface area contributed by atoms with Gasteiger partial charge in [-0.3, -0.25) is 0 Å². The summed E-state index contributed by atoms with van der Waals surface area (Å²) in [6.45, 7) is 2.76. The van der Waals surface area contributed by atoms with Crippen LogP contribution in [0.4, 0.5) is 0 Å². The topological polar surface area (TPSA) is 50.5 Å². The maximum atomic E-state index is 5.77. The fourth-order valence-corrected chi connectivity index (χ4v) is 1.91. The minimum absolute atomic E-state index is 0.149. The molecule has 14 heavy (non-hydrogen) atoms. The summed E-state index contributed by atoms with van der Waals surface area (Å²) in [6, 6.07) is 0. The van der Waals surface area contributed by atoms with Crippen LogP contribution in [0.5, 0.6) is 0 Å². The van der Waals surface area contributed by atoms with E-state index in [9.17, 15) is 0 Å². The van der Waals surface area contributed by atoms with Crippen molar-refractivity contribution in [3.63, 3.8) is 0 Å². The Hall–Kier alpha value is -0.160. The average Bonchev–Trinajstić information content (AvgIpc) is 2.09. The molecule has 1 aliphatic rings. The molecular formula is C10H23N3O. The second-order valence-corrected chi connectivity index (χ2v) is 4.48. The Morgan fingerprint density at radius 3 is 2.57 bits per heavy atom. The standard InChI is InChI=1S/C10H23N3O/c1-13(2)5-4-12-10(8-11)6-9(7-10)14-3/h9,12H,4-8,11H2,1-3H3. The summed E-state index contributed by atoms with van der Waals surface area (Å²) in [7, 11) is 5.93. The van der Waals surface area contributed by atoms with Gasteiger partial charge in [0.25, 0.3) is 0 Å². The average molecular weight is 201 g/mol. The third-order valence-corrected chi connectivity index (χ3v) is 3.02. The lowest BCUT2D eigenvalue weighted by Crippen LogP contribution is -2.63. The third-order valence-electron chi connectivity index (χ3n) is 3.02. The molecule has 0 radical (unpaired) electrons. The molecule has 0 amide bonds. The van der Waals surface area contributed by atoms with Crippen molar-refractivity contribution in [1.82, 2.24) is 10.2 Å². The van der Waals surface area contributed by atoms with Crippen LogP contribution >= 0.6 is 0 Å². The second kappa shape index (κ2) is 5.07. The van der Waals surface area contributed by atoms with Gasteiger partial charge in [-0.25, -0.2) is 0 Å². The number of ether oxygens (including phenoxy) is 1. The predicted octanol–water partition coefficient (Wildman–Crippen LogP) is -0.356. The number of hydrogen-bond donors (Lipinski definition) is 2. The lowest BCUT2D eigenvalue weighted by molar-refractivity contribution is -0.0267. The number of likely N-dealkylation sites (N-methyl/N-ethyl adjacent to an activating group) is 1. The summed E-state index contributed by atoms with van der Waals surface area (Å²) in [5.41, 5.74) is 5.92. The number of nitrogens with one attached hydrogen (secondary N) is 1. The maximum Gasteiger partial charge on any atom is 0.0607 e. The Morgan fingerprint density at radius 1 is 1.50 bits per heavy atom. The number of rotatable bonds is 6. The summed E-state index contributed by atoms with van der Waals surface area (Å²) in [5.74, 6) is 0. The first-order valence-electron chi connectivity index (χ1n) is 5.24. The molecule has 0 aromatic heterocycles. The summed E-state index contributed by atoms with van der Waals surface area (Å²) in [4.78, 5) is 2.17. The van der Waals surface area contributed by atoms with E-state index in [1.54, 1.807) is 7.11 Å². The summed E-state index contributed by atoms with van der Waals surface area (Å²) in [6.07, 6.45) is 2.51. The van der Waals surface area contributed by atoms with E-state index in [-0.39, 0.29) is 5.54 Å². The van der Waals surface area contributed by atoms with Gasteiger partial charge in [0.05, 0.1) is 6.10 Å². The van der Waals surface area contributed by atoms with E-state index in [1.165, 1.54) is 0 Å². The second-order valence-electron chi connectivity index (χ2n) is 4.48. The zero-order chi connectivity index (χ0) is 10.6. The zero-order valence-electron chi connectivity index (χ0n) is 9.55. The van der Waals surface area contributed by atoms with E-state index < -0.39 is 0 Å². The molecule has 84 valence electrons. The highest BCUT2D eigenvalue weighted by atomic mass is 16.5. The van der Waals surface area contributed by atoms with Gasteiger partial charge in [-0.05, 0) is 26.9 Å².